The van der Waals surface area contributed by atoms with E-state index in [4.69, 9.17) is 9.47 Å². The molecule has 1 heterocycles. The first-order valence-corrected chi connectivity index (χ1v) is 9.37. The number of phenols is 1. The Morgan fingerprint density at radius 2 is 1.89 bits per heavy atom. The lowest BCUT2D eigenvalue weighted by atomic mass is 10.0. The lowest BCUT2D eigenvalue weighted by Crippen LogP contribution is -2.23. The number of phenolic OH excluding ortho intramolecular Hbond substituents is 1. The normalized spacial score (nSPS) is 17.3. The average Bonchev–Trinajstić information content (AvgIpc) is 3.17. The zero-order valence-electron chi connectivity index (χ0n) is 15.8. The highest BCUT2D eigenvalue weighted by Crippen LogP contribution is 2.40. The summed E-state index contributed by atoms with van der Waals surface area (Å²) in [4.78, 5) is 2.44. The largest absolute Gasteiger partial charge is 0.508 e. The summed E-state index contributed by atoms with van der Waals surface area (Å²) < 4.78 is 11.0. The maximum atomic E-state index is 10.5. The van der Waals surface area contributed by atoms with E-state index in [9.17, 15) is 5.11 Å². The maximum absolute atomic E-state index is 10.5. The molecule has 1 atom stereocenters. The third kappa shape index (κ3) is 3.33. The lowest BCUT2D eigenvalue weighted by Gasteiger charge is -2.27. The Morgan fingerprint density at radius 1 is 1.04 bits per heavy atom. The fraction of sp³-hybridized carbons (Fsp3) is 0.304. The molecule has 4 nitrogen and oxygen atoms in total. The second kappa shape index (κ2) is 7.49. The van der Waals surface area contributed by atoms with E-state index in [1.54, 1.807) is 20.3 Å². The van der Waals surface area contributed by atoms with Crippen LogP contribution in [0.4, 0.5) is 0 Å². The van der Waals surface area contributed by atoms with Gasteiger partial charge in [-0.25, -0.2) is 0 Å². The van der Waals surface area contributed by atoms with Crippen molar-refractivity contribution in [2.75, 3.05) is 20.8 Å². The monoisotopic (exact) mass is 363 g/mol. The van der Waals surface area contributed by atoms with Crippen molar-refractivity contribution >= 4 is 10.8 Å². The maximum Gasteiger partial charge on any atom is 0.127 e. The molecule has 1 N–H and O–H groups in total. The summed E-state index contributed by atoms with van der Waals surface area (Å²) in [5.41, 5.74) is 2.17. The topological polar surface area (TPSA) is 41.9 Å². The molecule has 0 amide bonds. The minimum absolute atomic E-state index is 0.268. The van der Waals surface area contributed by atoms with Crippen LogP contribution < -0.4 is 9.47 Å². The summed E-state index contributed by atoms with van der Waals surface area (Å²) in [6.45, 7) is 1.72. The van der Waals surface area contributed by atoms with Crippen molar-refractivity contribution in [1.82, 2.24) is 4.90 Å². The molecule has 1 unspecified atom stereocenters. The highest BCUT2D eigenvalue weighted by molar-refractivity contribution is 5.87. The van der Waals surface area contributed by atoms with Crippen molar-refractivity contribution in [1.29, 1.82) is 0 Å². The molecule has 1 fully saturated rings. The van der Waals surface area contributed by atoms with Gasteiger partial charge < -0.3 is 14.6 Å². The summed E-state index contributed by atoms with van der Waals surface area (Å²) in [5, 5.41) is 12.8. The molecule has 1 saturated heterocycles. The van der Waals surface area contributed by atoms with Crippen LogP contribution >= 0.6 is 0 Å². The van der Waals surface area contributed by atoms with E-state index in [0.717, 1.165) is 47.2 Å². The Kier molecular flexibility index (Phi) is 4.90. The fourth-order valence-corrected chi connectivity index (χ4v) is 4.16. The van der Waals surface area contributed by atoms with Crippen LogP contribution in [-0.2, 0) is 6.54 Å². The van der Waals surface area contributed by atoms with E-state index < -0.39 is 0 Å². The molecule has 4 rings (SSSR count). The van der Waals surface area contributed by atoms with E-state index in [-0.39, 0.29) is 6.04 Å². The molecule has 0 spiro atoms. The van der Waals surface area contributed by atoms with Crippen LogP contribution in [0, 0.1) is 0 Å². The van der Waals surface area contributed by atoms with Gasteiger partial charge in [0.05, 0.1) is 14.2 Å². The van der Waals surface area contributed by atoms with Crippen LogP contribution in [0.25, 0.3) is 10.8 Å². The van der Waals surface area contributed by atoms with Crippen molar-refractivity contribution in [2.24, 2.45) is 0 Å². The van der Waals surface area contributed by atoms with Crippen molar-refractivity contribution in [3.05, 3.63) is 65.7 Å². The van der Waals surface area contributed by atoms with Crippen molar-refractivity contribution in [3.63, 3.8) is 0 Å². The molecular formula is C23H25NO3. The molecule has 3 aromatic rings. The first-order valence-electron chi connectivity index (χ1n) is 9.37. The zero-order chi connectivity index (χ0) is 18.8. The third-order valence-electron chi connectivity index (χ3n) is 5.54. The summed E-state index contributed by atoms with van der Waals surface area (Å²) >= 11 is 0. The minimum atomic E-state index is 0.268. The number of likely N-dealkylation sites (tertiary alicyclic amines) is 1. The molecule has 0 saturated carbocycles. The fourth-order valence-electron chi connectivity index (χ4n) is 4.16. The molecular weight excluding hydrogens is 338 g/mol. The molecule has 0 aliphatic carbocycles. The van der Waals surface area contributed by atoms with Crippen molar-refractivity contribution in [2.45, 2.75) is 25.4 Å². The average molecular weight is 363 g/mol. The molecule has 27 heavy (non-hydrogen) atoms. The van der Waals surface area contributed by atoms with Crippen LogP contribution in [0.3, 0.4) is 0 Å². The van der Waals surface area contributed by atoms with Gasteiger partial charge in [-0.2, -0.15) is 0 Å². The Morgan fingerprint density at radius 3 is 2.70 bits per heavy atom. The smallest absolute Gasteiger partial charge is 0.127 e. The standard InChI is InChI=1S/C23H25NO3/c1-26-17-10-11-19(23(14-17)27-2)21-8-5-13-24(21)15-20-18-7-4-3-6-16(18)9-12-22(20)25/h3-4,6-7,9-12,14,21,25H,5,8,13,15H2,1-2H3. The van der Waals surface area contributed by atoms with E-state index in [1.807, 2.05) is 30.3 Å². The molecule has 140 valence electrons. The summed E-state index contributed by atoms with van der Waals surface area (Å²) in [7, 11) is 3.37. The molecule has 0 bridgehead atoms. The van der Waals surface area contributed by atoms with E-state index in [2.05, 4.69) is 23.1 Å². The lowest BCUT2D eigenvalue weighted by molar-refractivity contribution is 0.240. The number of nitrogens with zero attached hydrogens (tertiary/aromatic N) is 1. The van der Waals surface area contributed by atoms with Gasteiger partial charge in [-0.1, -0.05) is 36.4 Å². The summed E-state index contributed by atoms with van der Waals surface area (Å²) in [5.74, 6) is 2.02. The Bertz CT molecular complexity index is 954. The van der Waals surface area contributed by atoms with Gasteiger partial charge in [0.1, 0.15) is 17.2 Å². The van der Waals surface area contributed by atoms with Crippen LogP contribution in [0.15, 0.2) is 54.6 Å². The van der Waals surface area contributed by atoms with Gasteiger partial charge in [0, 0.05) is 29.8 Å². The SMILES string of the molecule is COc1ccc(C2CCCN2Cc2c(O)ccc3ccccc23)c(OC)c1. The van der Waals surface area contributed by atoms with Gasteiger partial charge in [-0.05, 0) is 42.3 Å². The quantitative estimate of drug-likeness (QED) is 0.700. The van der Waals surface area contributed by atoms with E-state index in [0.29, 0.717) is 12.3 Å². The number of ether oxygens (including phenoxy) is 2. The summed E-state index contributed by atoms with van der Waals surface area (Å²) in [6.07, 6.45) is 2.21. The zero-order valence-corrected chi connectivity index (χ0v) is 15.8. The van der Waals surface area contributed by atoms with Gasteiger partial charge >= 0.3 is 0 Å². The number of aromatic hydroxyl groups is 1. The number of fused-ring (bicyclic) bond motifs is 1. The van der Waals surface area contributed by atoms with Gasteiger partial charge in [-0.15, -0.1) is 0 Å². The molecule has 0 radical (unpaired) electrons. The highest BCUT2D eigenvalue weighted by atomic mass is 16.5. The second-order valence-corrected chi connectivity index (χ2v) is 7.02. The predicted octanol–water partition coefficient (Wildman–Crippen LogP) is 4.90. The number of benzene rings is 3. The van der Waals surface area contributed by atoms with Crippen molar-refractivity contribution in [3.8, 4) is 17.2 Å². The predicted molar refractivity (Wildman–Crippen MR) is 108 cm³/mol. The molecule has 4 heteroatoms. The Balaban J connectivity index is 1.68. The van der Waals surface area contributed by atoms with Crippen LogP contribution in [0.5, 0.6) is 17.2 Å². The number of hydrogen-bond acceptors (Lipinski definition) is 4. The van der Waals surface area contributed by atoms with Crippen molar-refractivity contribution < 1.29 is 14.6 Å². The number of hydrogen-bond donors (Lipinski definition) is 1. The van der Waals surface area contributed by atoms with Crippen LogP contribution in [0.2, 0.25) is 0 Å². The number of methoxy groups -OCH3 is 2. The molecule has 1 aliphatic rings. The Hall–Kier alpha value is -2.72. The summed E-state index contributed by atoms with van der Waals surface area (Å²) in [6, 6.07) is 18.3. The molecule has 0 aromatic heterocycles. The molecule has 1 aliphatic heterocycles. The van der Waals surface area contributed by atoms with Gasteiger partial charge in [0.25, 0.3) is 0 Å². The van der Waals surface area contributed by atoms with Crippen LogP contribution in [-0.4, -0.2) is 30.8 Å². The first kappa shape index (κ1) is 17.7. The van der Waals surface area contributed by atoms with Gasteiger partial charge in [-0.3, -0.25) is 4.90 Å². The van der Waals surface area contributed by atoms with E-state index >= 15 is 0 Å². The second-order valence-electron chi connectivity index (χ2n) is 7.02. The Labute approximate surface area is 160 Å². The van der Waals surface area contributed by atoms with E-state index in [1.165, 1.54) is 5.56 Å². The number of rotatable bonds is 5. The van der Waals surface area contributed by atoms with Gasteiger partial charge in [0.2, 0.25) is 0 Å². The van der Waals surface area contributed by atoms with Crippen LogP contribution in [0.1, 0.15) is 30.0 Å². The van der Waals surface area contributed by atoms with Gasteiger partial charge in [0.15, 0.2) is 0 Å². The highest BCUT2D eigenvalue weighted by Gasteiger charge is 2.29. The first-order chi connectivity index (χ1) is 13.2. The minimum Gasteiger partial charge on any atom is -0.508 e. The molecule has 3 aromatic carbocycles. The third-order valence-corrected chi connectivity index (χ3v) is 5.54.